The van der Waals surface area contributed by atoms with Gasteiger partial charge in [0.15, 0.2) is 0 Å². The average molecular weight is 343 g/mol. The Balaban J connectivity index is 3.32. The molecule has 0 aliphatic heterocycles. The summed E-state index contributed by atoms with van der Waals surface area (Å²) in [5, 5.41) is 0. The lowest BCUT2D eigenvalue weighted by molar-refractivity contribution is 0.583. The van der Waals surface area contributed by atoms with Gasteiger partial charge in [-0.25, -0.2) is 13.1 Å². The predicted molar refractivity (Wildman–Crippen MR) is 62.7 cm³/mol. The second kappa shape index (κ2) is 4.74. The quantitative estimate of drug-likeness (QED) is 0.917. The second-order valence-electron chi connectivity index (χ2n) is 2.55. The highest BCUT2D eigenvalue weighted by atomic mass is 79.9. The Kier molecular flexibility index (Phi) is 4.12. The van der Waals surface area contributed by atoms with Crippen LogP contribution in [-0.4, -0.2) is 15.0 Å². The predicted octanol–water partition coefficient (Wildman–Crippen LogP) is 2.51. The number of nitrogens with one attached hydrogen (secondary N) is 1. The Morgan fingerprint density at radius 2 is 1.79 bits per heavy atom. The van der Waals surface area contributed by atoms with E-state index in [1.165, 1.54) is 0 Å². The van der Waals surface area contributed by atoms with Crippen molar-refractivity contribution in [1.29, 1.82) is 0 Å². The summed E-state index contributed by atoms with van der Waals surface area (Å²) in [7, 11) is -3.42. The fraction of sp³-hybridized carbons (Fsp3) is 0.250. The highest BCUT2D eigenvalue weighted by Gasteiger charge is 2.19. The Morgan fingerprint density at radius 3 is 2.21 bits per heavy atom. The highest BCUT2D eigenvalue weighted by molar-refractivity contribution is 9.11. The molecule has 0 radical (unpaired) electrons. The SMILES string of the molecule is CCNS(=O)(=O)c1c(Br)cccc1Br. The van der Waals surface area contributed by atoms with E-state index < -0.39 is 10.0 Å². The van der Waals surface area contributed by atoms with E-state index in [0.29, 0.717) is 15.5 Å². The van der Waals surface area contributed by atoms with E-state index in [-0.39, 0.29) is 4.90 Å². The summed E-state index contributed by atoms with van der Waals surface area (Å²) in [6.45, 7) is 2.11. The Hall–Kier alpha value is 0.0900. The smallest absolute Gasteiger partial charge is 0.211 e. The van der Waals surface area contributed by atoms with Crippen molar-refractivity contribution < 1.29 is 8.42 Å². The molecule has 0 spiro atoms. The molecule has 78 valence electrons. The molecule has 14 heavy (non-hydrogen) atoms. The third-order valence-electron chi connectivity index (χ3n) is 1.52. The number of halogens is 2. The van der Waals surface area contributed by atoms with Crippen LogP contribution in [0.4, 0.5) is 0 Å². The van der Waals surface area contributed by atoms with E-state index in [1.54, 1.807) is 25.1 Å². The molecule has 0 fully saturated rings. The van der Waals surface area contributed by atoms with Gasteiger partial charge in [-0.2, -0.15) is 0 Å². The van der Waals surface area contributed by atoms with Crippen molar-refractivity contribution in [2.45, 2.75) is 11.8 Å². The molecule has 0 heterocycles. The van der Waals surface area contributed by atoms with E-state index in [9.17, 15) is 8.42 Å². The van der Waals surface area contributed by atoms with Gasteiger partial charge in [0.05, 0.1) is 0 Å². The molecule has 6 heteroatoms. The standard InChI is InChI=1S/C8H9Br2NO2S/c1-2-11-14(12,13)8-6(9)4-3-5-7(8)10/h3-5,11H,2H2,1H3. The number of hydrogen-bond donors (Lipinski definition) is 1. The van der Waals surface area contributed by atoms with Crippen molar-refractivity contribution in [2.75, 3.05) is 6.54 Å². The summed E-state index contributed by atoms with van der Waals surface area (Å²) >= 11 is 6.41. The van der Waals surface area contributed by atoms with Gasteiger partial charge >= 0.3 is 0 Å². The van der Waals surface area contributed by atoms with Crippen LogP contribution in [0.1, 0.15) is 6.92 Å². The maximum atomic E-state index is 11.7. The summed E-state index contributed by atoms with van der Waals surface area (Å²) in [5.41, 5.74) is 0. The van der Waals surface area contributed by atoms with Crippen LogP contribution < -0.4 is 4.72 Å². The van der Waals surface area contributed by atoms with Gasteiger partial charge in [0.2, 0.25) is 10.0 Å². The molecule has 0 saturated heterocycles. The van der Waals surface area contributed by atoms with Crippen LogP contribution >= 0.6 is 31.9 Å². The summed E-state index contributed by atoms with van der Waals surface area (Å²) in [5.74, 6) is 0. The fourth-order valence-corrected chi connectivity index (χ4v) is 4.45. The van der Waals surface area contributed by atoms with Gasteiger partial charge in [-0.05, 0) is 44.0 Å². The van der Waals surface area contributed by atoms with Crippen molar-refractivity contribution in [3.63, 3.8) is 0 Å². The van der Waals surface area contributed by atoms with Crippen LogP contribution in [0.5, 0.6) is 0 Å². The molecule has 3 nitrogen and oxygen atoms in total. The normalized spacial score (nSPS) is 11.6. The first-order valence-corrected chi connectivity index (χ1v) is 6.99. The number of hydrogen-bond acceptors (Lipinski definition) is 2. The minimum absolute atomic E-state index is 0.238. The number of rotatable bonds is 3. The van der Waals surface area contributed by atoms with Crippen LogP contribution in [-0.2, 0) is 10.0 Å². The third kappa shape index (κ3) is 2.56. The summed E-state index contributed by atoms with van der Waals surface area (Å²) in [6.07, 6.45) is 0. The summed E-state index contributed by atoms with van der Waals surface area (Å²) < 4.78 is 26.9. The minimum atomic E-state index is -3.42. The highest BCUT2D eigenvalue weighted by Crippen LogP contribution is 2.29. The lowest BCUT2D eigenvalue weighted by Gasteiger charge is -2.08. The summed E-state index contributed by atoms with van der Waals surface area (Å²) in [4.78, 5) is 0.238. The number of sulfonamides is 1. The van der Waals surface area contributed by atoms with Crippen LogP contribution in [0.25, 0.3) is 0 Å². The van der Waals surface area contributed by atoms with Gasteiger partial charge in [0.25, 0.3) is 0 Å². The Bertz CT molecular complexity index is 411. The molecular weight excluding hydrogens is 334 g/mol. The van der Waals surface area contributed by atoms with Gasteiger partial charge in [0.1, 0.15) is 4.90 Å². The molecule has 0 bridgehead atoms. The van der Waals surface area contributed by atoms with Crippen LogP contribution in [0.15, 0.2) is 32.0 Å². The molecule has 0 aliphatic rings. The number of benzene rings is 1. The van der Waals surface area contributed by atoms with E-state index >= 15 is 0 Å². The van der Waals surface area contributed by atoms with Crippen molar-refractivity contribution in [1.82, 2.24) is 4.72 Å². The molecule has 0 aliphatic carbocycles. The van der Waals surface area contributed by atoms with Gasteiger partial charge in [-0.3, -0.25) is 0 Å². The maximum Gasteiger partial charge on any atom is 0.242 e. The molecule has 0 unspecified atom stereocenters. The molecule has 0 amide bonds. The lowest BCUT2D eigenvalue weighted by Crippen LogP contribution is -2.23. The monoisotopic (exact) mass is 341 g/mol. The molecule has 1 aromatic rings. The van der Waals surface area contributed by atoms with E-state index in [0.717, 1.165) is 0 Å². The lowest BCUT2D eigenvalue weighted by atomic mass is 10.4. The van der Waals surface area contributed by atoms with Crippen LogP contribution in [0, 0.1) is 0 Å². The Labute approximate surface area is 100 Å². The van der Waals surface area contributed by atoms with Crippen molar-refractivity contribution in [3.8, 4) is 0 Å². The van der Waals surface area contributed by atoms with Crippen molar-refractivity contribution in [3.05, 3.63) is 27.1 Å². The molecule has 1 aromatic carbocycles. The van der Waals surface area contributed by atoms with Crippen molar-refractivity contribution in [2.24, 2.45) is 0 Å². The first-order valence-electron chi connectivity index (χ1n) is 3.92. The van der Waals surface area contributed by atoms with Crippen LogP contribution in [0.3, 0.4) is 0 Å². The van der Waals surface area contributed by atoms with Crippen LogP contribution in [0.2, 0.25) is 0 Å². The first-order chi connectivity index (χ1) is 6.49. The van der Waals surface area contributed by atoms with Gasteiger partial charge < -0.3 is 0 Å². The van der Waals surface area contributed by atoms with Gasteiger partial charge in [-0.1, -0.05) is 13.0 Å². The summed E-state index contributed by atoms with van der Waals surface area (Å²) in [6, 6.07) is 5.14. The topological polar surface area (TPSA) is 46.2 Å². The first kappa shape index (κ1) is 12.2. The zero-order chi connectivity index (χ0) is 10.8. The van der Waals surface area contributed by atoms with E-state index in [1.807, 2.05) is 0 Å². The minimum Gasteiger partial charge on any atom is -0.211 e. The van der Waals surface area contributed by atoms with E-state index in [2.05, 4.69) is 36.6 Å². The third-order valence-corrected chi connectivity index (χ3v) is 5.01. The molecule has 1 N–H and O–H groups in total. The molecule has 0 aromatic heterocycles. The molecule has 1 rings (SSSR count). The largest absolute Gasteiger partial charge is 0.242 e. The van der Waals surface area contributed by atoms with Gasteiger partial charge in [0, 0.05) is 15.5 Å². The Morgan fingerprint density at radius 1 is 1.29 bits per heavy atom. The fourth-order valence-electron chi connectivity index (χ4n) is 1.00. The zero-order valence-corrected chi connectivity index (χ0v) is 11.4. The molecule has 0 atom stereocenters. The average Bonchev–Trinajstić information content (AvgIpc) is 2.02. The maximum absolute atomic E-state index is 11.7. The van der Waals surface area contributed by atoms with Crippen molar-refractivity contribution >= 4 is 41.9 Å². The zero-order valence-electron chi connectivity index (χ0n) is 7.42. The van der Waals surface area contributed by atoms with E-state index in [4.69, 9.17) is 0 Å². The molecular formula is C8H9Br2NO2S. The van der Waals surface area contributed by atoms with Gasteiger partial charge in [-0.15, -0.1) is 0 Å². The second-order valence-corrected chi connectivity index (χ2v) is 5.96. The molecule has 0 saturated carbocycles.